The standard InChI is InChI=1S/C24H29N3O4/c28-15-21-24(31-16-23(30)27(21)14-18-6-3-11-25-13-18)19-7-9-20(10-8-19)26-22(29)12-17-4-1-2-5-17/h3,6-11,13,17,21,24,28H,1-2,4-5,12,14-16H2,(H,26,29). The molecule has 2 fully saturated rings. The highest BCUT2D eigenvalue weighted by Crippen LogP contribution is 2.31. The molecule has 164 valence electrons. The zero-order valence-corrected chi connectivity index (χ0v) is 17.6. The lowest BCUT2D eigenvalue weighted by Gasteiger charge is -2.40. The monoisotopic (exact) mass is 423 g/mol. The summed E-state index contributed by atoms with van der Waals surface area (Å²) in [5.74, 6) is 0.397. The minimum atomic E-state index is -0.496. The Bertz CT molecular complexity index is 881. The first-order chi connectivity index (χ1) is 15.1. The molecular formula is C24H29N3O4. The number of benzene rings is 1. The molecule has 1 saturated heterocycles. The summed E-state index contributed by atoms with van der Waals surface area (Å²) in [6.07, 6.45) is 8.26. The Morgan fingerprint density at radius 2 is 1.97 bits per heavy atom. The first-order valence-electron chi connectivity index (χ1n) is 10.9. The first kappa shape index (κ1) is 21.5. The summed E-state index contributed by atoms with van der Waals surface area (Å²) in [5, 5.41) is 13.0. The zero-order chi connectivity index (χ0) is 21.6. The van der Waals surface area contributed by atoms with Crippen molar-refractivity contribution in [1.82, 2.24) is 9.88 Å². The highest BCUT2D eigenvalue weighted by atomic mass is 16.5. The highest BCUT2D eigenvalue weighted by molar-refractivity contribution is 5.90. The Morgan fingerprint density at radius 3 is 2.65 bits per heavy atom. The van der Waals surface area contributed by atoms with Gasteiger partial charge >= 0.3 is 0 Å². The van der Waals surface area contributed by atoms with Gasteiger partial charge in [0, 0.05) is 31.0 Å². The second-order valence-corrected chi connectivity index (χ2v) is 8.39. The Labute approximate surface area is 182 Å². The molecule has 1 aliphatic heterocycles. The van der Waals surface area contributed by atoms with Crippen LogP contribution in [0.4, 0.5) is 5.69 Å². The third-order valence-electron chi connectivity index (χ3n) is 6.19. The van der Waals surface area contributed by atoms with Gasteiger partial charge in [-0.3, -0.25) is 14.6 Å². The second-order valence-electron chi connectivity index (χ2n) is 8.39. The van der Waals surface area contributed by atoms with E-state index in [1.165, 1.54) is 12.8 Å². The zero-order valence-electron chi connectivity index (χ0n) is 17.6. The van der Waals surface area contributed by atoms with Gasteiger partial charge < -0.3 is 20.1 Å². The molecule has 31 heavy (non-hydrogen) atoms. The van der Waals surface area contributed by atoms with Crippen molar-refractivity contribution in [2.75, 3.05) is 18.5 Å². The summed E-state index contributed by atoms with van der Waals surface area (Å²) in [6.45, 7) is 0.116. The fourth-order valence-corrected chi connectivity index (χ4v) is 4.55. The van der Waals surface area contributed by atoms with Crippen LogP contribution >= 0.6 is 0 Å². The van der Waals surface area contributed by atoms with E-state index in [2.05, 4.69) is 10.3 Å². The first-order valence-corrected chi connectivity index (χ1v) is 10.9. The predicted octanol–water partition coefficient (Wildman–Crippen LogP) is 3.06. The largest absolute Gasteiger partial charge is 0.394 e. The average Bonchev–Trinajstić information content (AvgIpc) is 3.29. The van der Waals surface area contributed by atoms with Gasteiger partial charge in [-0.1, -0.05) is 31.0 Å². The van der Waals surface area contributed by atoms with E-state index < -0.39 is 12.1 Å². The summed E-state index contributed by atoms with van der Waals surface area (Å²) in [4.78, 5) is 30.5. The number of anilines is 1. The van der Waals surface area contributed by atoms with Crippen molar-refractivity contribution in [2.45, 2.75) is 50.8 Å². The number of pyridine rings is 1. The van der Waals surface area contributed by atoms with Crippen LogP contribution < -0.4 is 5.32 Å². The Balaban J connectivity index is 1.42. The van der Waals surface area contributed by atoms with Crippen molar-refractivity contribution in [3.05, 3.63) is 59.9 Å². The molecule has 2 unspecified atom stereocenters. The highest BCUT2D eigenvalue weighted by Gasteiger charge is 2.37. The Kier molecular flexibility index (Phi) is 6.94. The molecule has 2 N–H and O–H groups in total. The number of rotatable bonds is 7. The molecule has 2 heterocycles. The van der Waals surface area contributed by atoms with Crippen molar-refractivity contribution in [2.24, 2.45) is 5.92 Å². The Hall–Kier alpha value is -2.77. The van der Waals surface area contributed by atoms with Crippen LogP contribution in [-0.4, -0.2) is 46.1 Å². The van der Waals surface area contributed by atoms with Crippen LogP contribution in [0.15, 0.2) is 48.8 Å². The Morgan fingerprint density at radius 1 is 1.19 bits per heavy atom. The van der Waals surface area contributed by atoms with Crippen LogP contribution in [0, 0.1) is 5.92 Å². The van der Waals surface area contributed by atoms with Crippen LogP contribution in [0.5, 0.6) is 0 Å². The summed E-state index contributed by atoms with van der Waals surface area (Å²) in [7, 11) is 0. The molecule has 7 nitrogen and oxygen atoms in total. The van der Waals surface area contributed by atoms with E-state index in [0.29, 0.717) is 18.9 Å². The normalized spacial score (nSPS) is 22.0. The minimum absolute atomic E-state index is 0.0404. The average molecular weight is 424 g/mol. The molecule has 2 aromatic rings. The number of nitrogens with zero attached hydrogens (tertiary/aromatic N) is 2. The van der Waals surface area contributed by atoms with E-state index in [0.717, 1.165) is 29.7 Å². The maximum absolute atomic E-state index is 12.5. The van der Waals surface area contributed by atoms with Crippen LogP contribution in [0.25, 0.3) is 0 Å². The molecule has 0 radical (unpaired) electrons. The summed E-state index contributed by atoms with van der Waals surface area (Å²) < 4.78 is 5.80. The molecule has 1 aromatic heterocycles. The van der Waals surface area contributed by atoms with Gasteiger partial charge in [0.05, 0.1) is 12.6 Å². The van der Waals surface area contributed by atoms with Gasteiger partial charge in [-0.05, 0) is 48.1 Å². The molecule has 0 spiro atoms. The third kappa shape index (κ3) is 5.29. The minimum Gasteiger partial charge on any atom is -0.394 e. The van der Waals surface area contributed by atoms with E-state index in [4.69, 9.17) is 4.74 Å². The van der Waals surface area contributed by atoms with Gasteiger partial charge in [-0.15, -0.1) is 0 Å². The molecule has 4 rings (SSSR count). The lowest BCUT2D eigenvalue weighted by molar-refractivity contribution is -0.162. The van der Waals surface area contributed by atoms with Crippen LogP contribution in [0.2, 0.25) is 0 Å². The summed E-state index contributed by atoms with van der Waals surface area (Å²) in [6, 6.07) is 10.7. The van der Waals surface area contributed by atoms with Gasteiger partial charge in [-0.2, -0.15) is 0 Å². The molecule has 1 saturated carbocycles. The molecule has 2 atom stereocenters. The number of carbonyl (C=O) groups is 2. The summed E-state index contributed by atoms with van der Waals surface area (Å²) >= 11 is 0. The van der Waals surface area contributed by atoms with Crippen LogP contribution in [-0.2, 0) is 20.9 Å². The molecule has 1 aliphatic carbocycles. The van der Waals surface area contributed by atoms with Gasteiger partial charge in [-0.25, -0.2) is 0 Å². The topological polar surface area (TPSA) is 91.8 Å². The number of hydrogen-bond acceptors (Lipinski definition) is 5. The number of carbonyl (C=O) groups excluding carboxylic acids is 2. The van der Waals surface area contributed by atoms with Crippen LogP contribution in [0.3, 0.4) is 0 Å². The van der Waals surface area contributed by atoms with Crippen LogP contribution in [0.1, 0.15) is 49.3 Å². The fourth-order valence-electron chi connectivity index (χ4n) is 4.55. The summed E-state index contributed by atoms with van der Waals surface area (Å²) in [5.41, 5.74) is 2.50. The quantitative estimate of drug-likeness (QED) is 0.714. The molecule has 0 bridgehead atoms. The maximum Gasteiger partial charge on any atom is 0.249 e. The molecule has 2 aliphatic rings. The maximum atomic E-state index is 12.5. The van der Waals surface area contributed by atoms with E-state index in [1.807, 2.05) is 36.4 Å². The fraction of sp³-hybridized carbons (Fsp3) is 0.458. The number of aliphatic hydroxyl groups is 1. The number of aromatic nitrogens is 1. The molecule has 2 amide bonds. The third-order valence-corrected chi connectivity index (χ3v) is 6.19. The lowest BCUT2D eigenvalue weighted by atomic mass is 9.98. The number of hydrogen-bond donors (Lipinski definition) is 2. The smallest absolute Gasteiger partial charge is 0.249 e. The number of ether oxygens (including phenoxy) is 1. The number of nitrogens with one attached hydrogen (secondary N) is 1. The number of amides is 2. The van der Waals surface area contributed by atoms with Crippen molar-refractivity contribution in [1.29, 1.82) is 0 Å². The number of aliphatic hydroxyl groups excluding tert-OH is 1. The molecule has 1 aromatic carbocycles. The lowest BCUT2D eigenvalue weighted by Crippen LogP contribution is -2.52. The van der Waals surface area contributed by atoms with Crippen molar-refractivity contribution >= 4 is 17.5 Å². The SMILES string of the molecule is O=C(CC1CCCC1)Nc1ccc(C2OCC(=O)N(Cc3cccnc3)C2CO)cc1. The van der Waals surface area contributed by atoms with E-state index in [-0.39, 0.29) is 25.0 Å². The molecule has 7 heteroatoms. The van der Waals surface area contributed by atoms with Gasteiger partial charge in [0.1, 0.15) is 12.7 Å². The van der Waals surface area contributed by atoms with Crippen molar-refractivity contribution in [3.8, 4) is 0 Å². The van der Waals surface area contributed by atoms with Gasteiger partial charge in [0.2, 0.25) is 11.8 Å². The van der Waals surface area contributed by atoms with E-state index in [1.54, 1.807) is 17.3 Å². The molecular weight excluding hydrogens is 394 g/mol. The van der Waals surface area contributed by atoms with E-state index in [9.17, 15) is 14.7 Å². The second kappa shape index (κ2) is 10.0. The van der Waals surface area contributed by atoms with Crippen molar-refractivity contribution in [3.63, 3.8) is 0 Å². The predicted molar refractivity (Wildman–Crippen MR) is 116 cm³/mol. The van der Waals surface area contributed by atoms with E-state index >= 15 is 0 Å². The van der Waals surface area contributed by atoms with Gasteiger partial charge in [0.15, 0.2) is 0 Å². The van der Waals surface area contributed by atoms with Gasteiger partial charge in [0.25, 0.3) is 0 Å². The number of morpholine rings is 1. The van der Waals surface area contributed by atoms with Crippen molar-refractivity contribution < 1.29 is 19.4 Å².